The van der Waals surface area contributed by atoms with Gasteiger partial charge in [-0.25, -0.2) is 9.98 Å². The molecule has 0 spiro atoms. The Morgan fingerprint density at radius 1 is 1.00 bits per heavy atom. The molecule has 6 heteroatoms. The second kappa shape index (κ2) is 10.9. The third-order valence-corrected chi connectivity index (χ3v) is 5.12. The molecule has 1 aromatic heterocycles. The minimum Gasteiger partial charge on any atom is -0.370 e. The molecule has 0 bridgehead atoms. The zero-order valence-electron chi connectivity index (χ0n) is 18.3. The van der Waals surface area contributed by atoms with Gasteiger partial charge in [0.2, 0.25) is 0 Å². The smallest absolute Gasteiger partial charge is 0.193 e. The van der Waals surface area contributed by atoms with Crippen molar-refractivity contribution in [3.05, 3.63) is 108 Å². The van der Waals surface area contributed by atoms with Crippen LogP contribution >= 0.6 is 24.0 Å². The second-order valence-corrected chi connectivity index (χ2v) is 7.79. The number of rotatable bonds is 6. The lowest BCUT2D eigenvalue weighted by Gasteiger charge is -2.11. The van der Waals surface area contributed by atoms with Crippen LogP contribution in [-0.4, -0.2) is 15.5 Å². The summed E-state index contributed by atoms with van der Waals surface area (Å²) >= 11 is 0. The van der Waals surface area contributed by atoms with Crippen LogP contribution < -0.4 is 11.1 Å². The van der Waals surface area contributed by atoms with E-state index in [4.69, 9.17) is 5.73 Å². The van der Waals surface area contributed by atoms with Crippen LogP contribution in [0, 0.1) is 13.8 Å². The fraction of sp³-hybridized carbons (Fsp3) is 0.154. The maximum atomic E-state index is 6.16. The number of hydrogen-bond acceptors (Lipinski definition) is 2. The summed E-state index contributed by atoms with van der Waals surface area (Å²) in [5.41, 5.74) is 14.2. The fourth-order valence-corrected chi connectivity index (χ4v) is 3.73. The molecule has 0 aliphatic heterocycles. The lowest BCUT2D eigenvalue weighted by atomic mass is 9.98. The number of guanidine groups is 1. The number of aromatic nitrogens is 2. The Bertz CT molecular complexity index is 1160. The van der Waals surface area contributed by atoms with E-state index in [1.165, 1.54) is 27.8 Å². The number of nitrogens with zero attached hydrogens (tertiary/aromatic N) is 3. The van der Waals surface area contributed by atoms with Crippen molar-refractivity contribution >= 4 is 35.6 Å². The van der Waals surface area contributed by atoms with Gasteiger partial charge < -0.3 is 15.6 Å². The summed E-state index contributed by atoms with van der Waals surface area (Å²) in [6, 6.07) is 23.2. The van der Waals surface area contributed by atoms with E-state index >= 15 is 0 Å². The van der Waals surface area contributed by atoms with Crippen LogP contribution in [0.15, 0.2) is 90.4 Å². The van der Waals surface area contributed by atoms with Crippen LogP contribution in [0.25, 0.3) is 11.1 Å². The Morgan fingerprint density at radius 2 is 1.72 bits per heavy atom. The SMILES string of the molecule is Cc1cc(C)cc(NC(N)=NCc2ccccc2-c2ccc(Cn3ccnc3)cc2)c1.I. The number of anilines is 1. The highest BCUT2D eigenvalue weighted by Gasteiger charge is 2.06. The molecule has 0 saturated heterocycles. The van der Waals surface area contributed by atoms with E-state index < -0.39 is 0 Å². The van der Waals surface area contributed by atoms with Crippen LogP contribution in [0.3, 0.4) is 0 Å². The van der Waals surface area contributed by atoms with E-state index in [0.717, 1.165) is 17.8 Å². The number of imidazole rings is 1. The van der Waals surface area contributed by atoms with Crippen molar-refractivity contribution in [2.24, 2.45) is 10.7 Å². The summed E-state index contributed by atoms with van der Waals surface area (Å²) < 4.78 is 2.06. The summed E-state index contributed by atoms with van der Waals surface area (Å²) in [5.74, 6) is 0.412. The molecule has 0 aliphatic rings. The van der Waals surface area contributed by atoms with E-state index in [9.17, 15) is 0 Å². The second-order valence-electron chi connectivity index (χ2n) is 7.79. The third-order valence-electron chi connectivity index (χ3n) is 5.12. The Hall–Kier alpha value is -3.13. The zero-order valence-corrected chi connectivity index (χ0v) is 20.7. The summed E-state index contributed by atoms with van der Waals surface area (Å²) in [7, 11) is 0. The molecular weight excluding hydrogens is 509 g/mol. The largest absolute Gasteiger partial charge is 0.370 e. The van der Waals surface area contributed by atoms with Gasteiger partial charge in [0.1, 0.15) is 0 Å². The van der Waals surface area contributed by atoms with Crippen molar-refractivity contribution in [2.75, 3.05) is 5.32 Å². The highest BCUT2D eigenvalue weighted by molar-refractivity contribution is 14.0. The average molecular weight is 537 g/mol. The van der Waals surface area contributed by atoms with E-state index in [1.807, 2.05) is 18.6 Å². The lowest BCUT2D eigenvalue weighted by Crippen LogP contribution is -2.22. The Kier molecular flexibility index (Phi) is 8.05. The zero-order chi connectivity index (χ0) is 21.6. The first kappa shape index (κ1) is 23.5. The van der Waals surface area contributed by atoms with Gasteiger partial charge in [0.25, 0.3) is 0 Å². The minimum atomic E-state index is 0. The van der Waals surface area contributed by atoms with Crippen molar-refractivity contribution in [1.29, 1.82) is 0 Å². The molecule has 5 nitrogen and oxygen atoms in total. The molecular formula is C26H28IN5. The molecule has 1 heterocycles. The van der Waals surface area contributed by atoms with Gasteiger partial charge in [-0.1, -0.05) is 54.6 Å². The molecule has 0 radical (unpaired) electrons. The van der Waals surface area contributed by atoms with E-state index in [1.54, 1.807) is 6.20 Å². The summed E-state index contributed by atoms with van der Waals surface area (Å²) in [5, 5.41) is 3.20. The number of hydrogen-bond donors (Lipinski definition) is 2. The van der Waals surface area contributed by atoms with Gasteiger partial charge in [0, 0.05) is 24.6 Å². The molecule has 4 aromatic rings. The third kappa shape index (κ3) is 6.20. The van der Waals surface area contributed by atoms with Crippen LogP contribution in [0.2, 0.25) is 0 Å². The molecule has 0 unspecified atom stereocenters. The number of nitrogens with two attached hydrogens (primary N) is 1. The molecule has 0 amide bonds. The van der Waals surface area contributed by atoms with E-state index in [2.05, 4.69) is 94.4 Å². The van der Waals surface area contributed by atoms with Gasteiger partial charge in [-0.3, -0.25) is 0 Å². The van der Waals surface area contributed by atoms with Gasteiger partial charge in [-0.05, 0) is 59.4 Å². The first-order valence-electron chi connectivity index (χ1n) is 10.3. The highest BCUT2D eigenvalue weighted by atomic mass is 127. The van der Waals surface area contributed by atoms with E-state index in [-0.39, 0.29) is 24.0 Å². The quantitative estimate of drug-likeness (QED) is 0.187. The van der Waals surface area contributed by atoms with Crippen molar-refractivity contribution in [2.45, 2.75) is 26.9 Å². The maximum Gasteiger partial charge on any atom is 0.193 e. The van der Waals surface area contributed by atoms with E-state index in [0.29, 0.717) is 12.5 Å². The number of benzene rings is 3. The molecule has 3 aromatic carbocycles. The first-order chi connectivity index (χ1) is 15.1. The Balaban J connectivity index is 0.00000289. The van der Waals surface area contributed by atoms with Crippen LogP contribution in [0.5, 0.6) is 0 Å². The summed E-state index contributed by atoms with van der Waals surface area (Å²) in [4.78, 5) is 8.68. The number of aliphatic imine (C=N–C) groups is 1. The van der Waals surface area contributed by atoms with Gasteiger partial charge >= 0.3 is 0 Å². The van der Waals surface area contributed by atoms with Gasteiger partial charge in [-0.15, -0.1) is 24.0 Å². The maximum absolute atomic E-state index is 6.16. The van der Waals surface area contributed by atoms with Gasteiger partial charge in [-0.2, -0.15) is 0 Å². The lowest BCUT2D eigenvalue weighted by molar-refractivity contribution is 0.797. The molecule has 0 saturated carbocycles. The van der Waals surface area contributed by atoms with Gasteiger partial charge in [0.05, 0.1) is 12.9 Å². The monoisotopic (exact) mass is 537 g/mol. The predicted octanol–water partition coefficient (Wildman–Crippen LogP) is 5.76. The van der Waals surface area contributed by atoms with Crippen molar-refractivity contribution in [1.82, 2.24) is 9.55 Å². The minimum absolute atomic E-state index is 0. The summed E-state index contributed by atoms with van der Waals surface area (Å²) in [6.45, 7) is 5.47. The fourth-order valence-electron chi connectivity index (χ4n) is 3.73. The summed E-state index contributed by atoms with van der Waals surface area (Å²) in [6.07, 6.45) is 5.60. The van der Waals surface area contributed by atoms with Crippen LogP contribution in [-0.2, 0) is 13.1 Å². The Morgan fingerprint density at radius 3 is 2.41 bits per heavy atom. The van der Waals surface area contributed by atoms with Crippen LogP contribution in [0.4, 0.5) is 5.69 Å². The number of aryl methyl sites for hydroxylation is 2. The normalized spacial score (nSPS) is 11.1. The molecule has 32 heavy (non-hydrogen) atoms. The predicted molar refractivity (Wildman–Crippen MR) is 143 cm³/mol. The topological polar surface area (TPSA) is 68.2 Å². The highest BCUT2D eigenvalue weighted by Crippen LogP contribution is 2.25. The van der Waals surface area contributed by atoms with Gasteiger partial charge in [0.15, 0.2) is 5.96 Å². The average Bonchev–Trinajstić information content (AvgIpc) is 3.25. The molecule has 4 rings (SSSR count). The number of nitrogens with one attached hydrogen (secondary N) is 1. The molecule has 0 fully saturated rings. The molecule has 164 valence electrons. The first-order valence-corrected chi connectivity index (χ1v) is 10.3. The van der Waals surface area contributed by atoms with Crippen LogP contribution in [0.1, 0.15) is 22.3 Å². The molecule has 0 atom stereocenters. The van der Waals surface area contributed by atoms with Crippen molar-refractivity contribution in [3.8, 4) is 11.1 Å². The Labute approximate surface area is 206 Å². The number of halogens is 1. The molecule has 3 N–H and O–H groups in total. The van der Waals surface area contributed by atoms with Crippen molar-refractivity contribution < 1.29 is 0 Å². The molecule has 0 aliphatic carbocycles. The standard InChI is InChI=1S/C26H27N5.HI/c1-19-13-20(2)15-24(14-19)30-26(27)29-16-23-5-3-4-6-25(23)22-9-7-21(8-10-22)17-31-12-11-28-18-31;/h3-15,18H,16-17H2,1-2H3,(H3,27,29,30);1H. The van der Waals surface area contributed by atoms with Crippen molar-refractivity contribution in [3.63, 3.8) is 0 Å².